The molecule has 1 heterocycles. The normalized spacial score (nSPS) is 10.6. The van der Waals surface area contributed by atoms with Gasteiger partial charge in [0.25, 0.3) is 0 Å². The summed E-state index contributed by atoms with van der Waals surface area (Å²) in [5, 5.41) is 4.26. The molecule has 4 rings (SSSR count). The lowest BCUT2D eigenvalue weighted by molar-refractivity contribution is 0.0527. The van der Waals surface area contributed by atoms with E-state index in [2.05, 4.69) is 22.4 Å². The Labute approximate surface area is 163 Å². The van der Waals surface area contributed by atoms with E-state index in [1.807, 2.05) is 66.7 Å². The van der Waals surface area contributed by atoms with Crippen LogP contribution in [0.25, 0.3) is 22.0 Å². The number of rotatable bonds is 5. The van der Waals surface area contributed by atoms with Gasteiger partial charge in [0.05, 0.1) is 17.8 Å². The van der Waals surface area contributed by atoms with Gasteiger partial charge in [-0.25, -0.2) is 4.79 Å². The molecule has 1 aromatic heterocycles. The van der Waals surface area contributed by atoms with Crippen molar-refractivity contribution < 1.29 is 9.53 Å². The SMILES string of the molecule is CCOC(=O)c1cnc2c(-c3ccccc3)cccc2c1Nc1ccccc1. The van der Waals surface area contributed by atoms with Crippen LogP contribution in [0.1, 0.15) is 17.3 Å². The van der Waals surface area contributed by atoms with Gasteiger partial charge in [-0.1, -0.05) is 66.7 Å². The highest BCUT2D eigenvalue weighted by atomic mass is 16.5. The predicted molar refractivity (Wildman–Crippen MR) is 113 cm³/mol. The predicted octanol–water partition coefficient (Wildman–Crippen LogP) is 5.82. The largest absolute Gasteiger partial charge is 0.462 e. The second-order valence-corrected chi connectivity index (χ2v) is 6.33. The van der Waals surface area contributed by atoms with Gasteiger partial charge in [0, 0.05) is 22.8 Å². The Morgan fingerprint density at radius 2 is 1.64 bits per heavy atom. The number of carbonyl (C=O) groups is 1. The van der Waals surface area contributed by atoms with Crippen molar-refractivity contribution in [1.82, 2.24) is 4.98 Å². The van der Waals surface area contributed by atoms with E-state index in [0.29, 0.717) is 17.9 Å². The Hall–Kier alpha value is -3.66. The molecule has 0 fully saturated rings. The summed E-state index contributed by atoms with van der Waals surface area (Å²) in [6.45, 7) is 2.11. The Kier molecular flexibility index (Phi) is 5.02. The number of esters is 1. The molecule has 0 unspecified atom stereocenters. The molecule has 0 aliphatic carbocycles. The summed E-state index contributed by atoms with van der Waals surface area (Å²) < 4.78 is 5.25. The second kappa shape index (κ2) is 7.92. The maximum Gasteiger partial charge on any atom is 0.341 e. The molecule has 4 nitrogen and oxygen atoms in total. The van der Waals surface area contributed by atoms with Crippen molar-refractivity contribution in [1.29, 1.82) is 0 Å². The topological polar surface area (TPSA) is 51.2 Å². The molecule has 0 saturated carbocycles. The number of pyridine rings is 1. The van der Waals surface area contributed by atoms with Gasteiger partial charge >= 0.3 is 5.97 Å². The monoisotopic (exact) mass is 368 g/mol. The zero-order chi connectivity index (χ0) is 19.3. The summed E-state index contributed by atoms with van der Waals surface area (Å²) in [5.74, 6) is -0.388. The van der Waals surface area contributed by atoms with Crippen LogP contribution in [-0.2, 0) is 4.74 Å². The van der Waals surface area contributed by atoms with E-state index in [-0.39, 0.29) is 5.97 Å². The van der Waals surface area contributed by atoms with Gasteiger partial charge < -0.3 is 10.1 Å². The molecule has 0 radical (unpaired) electrons. The minimum absolute atomic E-state index is 0.311. The highest BCUT2D eigenvalue weighted by Gasteiger charge is 2.18. The van der Waals surface area contributed by atoms with Crippen LogP contribution in [0.3, 0.4) is 0 Å². The highest BCUT2D eigenvalue weighted by molar-refractivity contribution is 6.09. The van der Waals surface area contributed by atoms with Crippen LogP contribution in [0, 0.1) is 0 Å². The van der Waals surface area contributed by atoms with Gasteiger partial charge in [-0.05, 0) is 24.6 Å². The Bertz CT molecular complexity index is 1110. The van der Waals surface area contributed by atoms with E-state index in [0.717, 1.165) is 27.7 Å². The fraction of sp³-hybridized carbons (Fsp3) is 0.0833. The third-order valence-corrected chi connectivity index (χ3v) is 4.52. The molecule has 28 heavy (non-hydrogen) atoms. The van der Waals surface area contributed by atoms with Crippen LogP contribution in [0.5, 0.6) is 0 Å². The van der Waals surface area contributed by atoms with Gasteiger partial charge in [0.2, 0.25) is 0 Å². The van der Waals surface area contributed by atoms with Crippen molar-refractivity contribution in [2.75, 3.05) is 11.9 Å². The van der Waals surface area contributed by atoms with Crippen molar-refractivity contribution >= 4 is 28.2 Å². The molecule has 0 bridgehead atoms. The van der Waals surface area contributed by atoms with Gasteiger partial charge in [-0.15, -0.1) is 0 Å². The average molecular weight is 368 g/mol. The second-order valence-electron chi connectivity index (χ2n) is 6.33. The minimum atomic E-state index is -0.388. The van der Waals surface area contributed by atoms with E-state index < -0.39 is 0 Å². The first-order valence-electron chi connectivity index (χ1n) is 9.24. The lowest BCUT2D eigenvalue weighted by Crippen LogP contribution is -2.09. The Morgan fingerprint density at radius 1 is 0.929 bits per heavy atom. The number of aromatic nitrogens is 1. The first kappa shape index (κ1) is 17.7. The summed E-state index contributed by atoms with van der Waals surface area (Å²) in [7, 11) is 0. The van der Waals surface area contributed by atoms with Crippen LogP contribution < -0.4 is 5.32 Å². The quantitative estimate of drug-likeness (QED) is 0.451. The highest BCUT2D eigenvalue weighted by Crippen LogP contribution is 2.34. The molecular formula is C24H20N2O2. The standard InChI is InChI=1S/C24H20N2O2/c1-2-28-24(27)21-16-25-22-19(17-10-5-3-6-11-17)14-9-15-20(22)23(21)26-18-12-7-4-8-13-18/h3-16H,2H2,1H3,(H,25,26). The molecule has 0 amide bonds. The number of nitrogens with one attached hydrogen (secondary N) is 1. The molecule has 1 N–H and O–H groups in total. The number of carbonyl (C=O) groups excluding carboxylic acids is 1. The van der Waals surface area contributed by atoms with E-state index in [4.69, 9.17) is 4.74 Å². The van der Waals surface area contributed by atoms with Crippen LogP contribution in [-0.4, -0.2) is 17.6 Å². The maximum atomic E-state index is 12.6. The number of anilines is 2. The number of benzene rings is 3. The van der Waals surface area contributed by atoms with Crippen LogP contribution in [0.4, 0.5) is 11.4 Å². The van der Waals surface area contributed by atoms with Crippen molar-refractivity contribution in [2.45, 2.75) is 6.92 Å². The molecule has 4 aromatic rings. The lowest BCUT2D eigenvalue weighted by Gasteiger charge is -2.16. The van der Waals surface area contributed by atoms with Crippen molar-refractivity contribution in [3.63, 3.8) is 0 Å². The molecule has 0 atom stereocenters. The number of nitrogens with zero attached hydrogens (tertiary/aromatic N) is 1. The first-order chi connectivity index (χ1) is 13.8. The van der Waals surface area contributed by atoms with Gasteiger partial charge in [-0.2, -0.15) is 0 Å². The zero-order valence-corrected chi connectivity index (χ0v) is 15.6. The van der Waals surface area contributed by atoms with E-state index in [9.17, 15) is 4.79 Å². The number of hydrogen-bond acceptors (Lipinski definition) is 4. The number of hydrogen-bond donors (Lipinski definition) is 1. The van der Waals surface area contributed by atoms with E-state index in [1.54, 1.807) is 13.1 Å². The summed E-state index contributed by atoms with van der Waals surface area (Å²) in [6.07, 6.45) is 1.60. The molecule has 138 valence electrons. The van der Waals surface area contributed by atoms with Crippen molar-refractivity contribution in [2.24, 2.45) is 0 Å². The number of fused-ring (bicyclic) bond motifs is 1. The summed E-state index contributed by atoms with van der Waals surface area (Å²) >= 11 is 0. The smallest absolute Gasteiger partial charge is 0.341 e. The molecule has 0 aliphatic rings. The van der Waals surface area contributed by atoms with Gasteiger partial charge in [-0.3, -0.25) is 4.98 Å². The molecule has 0 aliphatic heterocycles. The maximum absolute atomic E-state index is 12.6. The molecular weight excluding hydrogens is 348 g/mol. The van der Waals surface area contributed by atoms with Gasteiger partial charge in [0.15, 0.2) is 0 Å². The van der Waals surface area contributed by atoms with E-state index in [1.165, 1.54) is 0 Å². The summed E-state index contributed by atoms with van der Waals surface area (Å²) in [4.78, 5) is 17.2. The first-order valence-corrected chi connectivity index (χ1v) is 9.24. The van der Waals surface area contributed by atoms with Crippen LogP contribution in [0.15, 0.2) is 85.1 Å². The number of ether oxygens (including phenoxy) is 1. The molecule has 0 spiro atoms. The third-order valence-electron chi connectivity index (χ3n) is 4.52. The van der Waals surface area contributed by atoms with Crippen LogP contribution >= 0.6 is 0 Å². The average Bonchev–Trinajstić information content (AvgIpc) is 2.75. The fourth-order valence-corrected chi connectivity index (χ4v) is 3.24. The van der Waals surface area contributed by atoms with Crippen molar-refractivity contribution in [3.05, 3.63) is 90.6 Å². The van der Waals surface area contributed by atoms with Gasteiger partial charge in [0.1, 0.15) is 5.56 Å². The Balaban J connectivity index is 1.93. The molecule has 3 aromatic carbocycles. The zero-order valence-electron chi connectivity index (χ0n) is 15.6. The van der Waals surface area contributed by atoms with Crippen LogP contribution in [0.2, 0.25) is 0 Å². The van der Waals surface area contributed by atoms with Crippen molar-refractivity contribution in [3.8, 4) is 11.1 Å². The minimum Gasteiger partial charge on any atom is -0.462 e. The van der Waals surface area contributed by atoms with E-state index >= 15 is 0 Å². The fourth-order valence-electron chi connectivity index (χ4n) is 3.24. The summed E-state index contributed by atoms with van der Waals surface area (Å²) in [6, 6.07) is 25.9. The lowest BCUT2D eigenvalue weighted by atomic mass is 10.00. The Morgan fingerprint density at radius 3 is 2.36 bits per heavy atom. The molecule has 4 heteroatoms. The number of para-hydroxylation sites is 2. The molecule has 0 saturated heterocycles. The third kappa shape index (κ3) is 3.45. The summed E-state index contributed by atoms with van der Waals surface area (Å²) in [5.41, 5.74) is 4.95.